The zero-order valence-corrected chi connectivity index (χ0v) is 12.4. The molecule has 0 aliphatic heterocycles. The van der Waals surface area contributed by atoms with Crippen LogP contribution < -0.4 is 10.5 Å². The van der Waals surface area contributed by atoms with E-state index in [-0.39, 0.29) is 6.61 Å². The molecule has 0 fully saturated rings. The van der Waals surface area contributed by atoms with Gasteiger partial charge in [-0.1, -0.05) is 29.3 Å². The summed E-state index contributed by atoms with van der Waals surface area (Å²) >= 11 is 13.4. The van der Waals surface area contributed by atoms with Crippen LogP contribution in [0.5, 0.6) is 5.75 Å². The molecular formula is C13H11Cl2NO2S. The lowest BCUT2D eigenvalue weighted by Crippen LogP contribution is -2.10. The first-order valence-corrected chi connectivity index (χ1v) is 7.02. The number of nitrogens with two attached hydrogens (primary N) is 1. The third kappa shape index (κ3) is 3.21. The van der Waals surface area contributed by atoms with Gasteiger partial charge in [0.15, 0.2) is 0 Å². The first-order valence-electron chi connectivity index (χ1n) is 5.45. The zero-order valence-electron chi connectivity index (χ0n) is 10.1. The third-order valence-corrected chi connectivity index (χ3v) is 4.23. The minimum atomic E-state index is -0.502. The fraction of sp³-hybridized carbons (Fsp3) is 0.154. The summed E-state index contributed by atoms with van der Waals surface area (Å²) in [6.45, 7) is 2.07. The molecule has 2 rings (SSSR count). The molecule has 0 radical (unpaired) electrons. The Morgan fingerprint density at radius 2 is 2.00 bits per heavy atom. The van der Waals surface area contributed by atoms with Crippen molar-refractivity contribution in [2.24, 2.45) is 5.73 Å². The highest BCUT2D eigenvalue weighted by atomic mass is 35.5. The van der Waals surface area contributed by atoms with E-state index in [1.165, 1.54) is 11.3 Å². The number of carbonyl (C=O) groups is 1. The van der Waals surface area contributed by atoms with Crippen LogP contribution in [0.3, 0.4) is 0 Å². The van der Waals surface area contributed by atoms with Crippen LogP contribution in [-0.2, 0) is 6.61 Å². The molecule has 100 valence electrons. The number of rotatable bonds is 4. The summed E-state index contributed by atoms with van der Waals surface area (Å²) in [5.74, 6) is -0.0376. The molecule has 0 atom stereocenters. The first-order chi connectivity index (χ1) is 8.99. The molecule has 1 aromatic heterocycles. The van der Waals surface area contributed by atoms with E-state index in [0.717, 1.165) is 4.88 Å². The lowest BCUT2D eigenvalue weighted by Gasteiger charge is -2.09. The normalized spacial score (nSPS) is 10.5. The smallest absolute Gasteiger partial charge is 0.262 e. The monoisotopic (exact) mass is 315 g/mol. The van der Waals surface area contributed by atoms with E-state index in [0.29, 0.717) is 26.2 Å². The molecule has 3 nitrogen and oxygen atoms in total. The van der Waals surface area contributed by atoms with Crippen LogP contribution in [0, 0.1) is 6.92 Å². The summed E-state index contributed by atoms with van der Waals surface area (Å²) in [6.07, 6.45) is 0. The second kappa shape index (κ2) is 5.82. The Morgan fingerprint density at radius 1 is 1.37 bits per heavy atom. The van der Waals surface area contributed by atoms with Gasteiger partial charge in [-0.2, -0.15) is 0 Å². The molecule has 1 heterocycles. The highest BCUT2D eigenvalue weighted by Crippen LogP contribution is 2.31. The second-order valence-electron chi connectivity index (χ2n) is 3.90. The van der Waals surface area contributed by atoms with Crippen molar-refractivity contribution in [2.45, 2.75) is 13.5 Å². The Kier molecular flexibility index (Phi) is 4.34. The molecule has 1 amide bonds. The van der Waals surface area contributed by atoms with Crippen LogP contribution in [-0.4, -0.2) is 5.91 Å². The van der Waals surface area contributed by atoms with Crippen LogP contribution in [0.25, 0.3) is 0 Å². The maximum absolute atomic E-state index is 11.3. The SMILES string of the molecule is Cc1cc(OCc2c(Cl)cccc2Cl)c(C(N)=O)s1. The topological polar surface area (TPSA) is 52.3 Å². The summed E-state index contributed by atoms with van der Waals surface area (Å²) in [6, 6.07) is 7.01. The number of hydrogen-bond donors (Lipinski definition) is 1. The van der Waals surface area contributed by atoms with E-state index in [9.17, 15) is 4.79 Å². The summed E-state index contributed by atoms with van der Waals surface area (Å²) in [5, 5.41) is 1.06. The molecule has 0 unspecified atom stereocenters. The number of amides is 1. The van der Waals surface area contributed by atoms with Crippen LogP contribution in [0.15, 0.2) is 24.3 Å². The maximum atomic E-state index is 11.3. The fourth-order valence-electron chi connectivity index (χ4n) is 1.59. The van der Waals surface area contributed by atoms with E-state index in [4.69, 9.17) is 33.7 Å². The van der Waals surface area contributed by atoms with Gasteiger partial charge in [0.1, 0.15) is 17.2 Å². The van der Waals surface area contributed by atoms with E-state index in [2.05, 4.69) is 0 Å². The predicted molar refractivity (Wildman–Crippen MR) is 78.4 cm³/mol. The van der Waals surface area contributed by atoms with Crippen molar-refractivity contribution in [3.05, 3.63) is 49.6 Å². The molecule has 0 saturated heterocycles. The number of aryl methyl sites for hydroxylation is 1. The average molecular weight is 316 g/mol. The van der Waals surface area contributed by atoms with Gasteiger partial charge in [0.2, 0.25) is 0 Å². The standard InChI is InChI=1S/C13H11Cl2NO2S/c1-7-5-11(12(19-7)13(16)17)18-6-8-9(14)3-2-4-10(8)15/h2-5H,6H2,1H3,(H2,16,17). The quantitative estimate of drug-likeness (QED) is 0.925. The van der Waals surface area contributed by atoms with Gasteiger partial charge in [0.25, 0.3) is 5.91 Å². The summed E-state index contributed by atoms with van der Waals surface area (Å²) in [7, 11) is 0. The lowest BCUT2D eigenvalue weighted by molar-refractivity contribution is 0.100. The molecule has 0 aliphatic rings. The Labute approximate surface area is 124 Å². The highest BCUT2D eigenvalue weighted by Gasteiger charge is 2.15. The molecular weight excluding hydrogens is 305 g/mol. The molecule has 19 heavy (non-hydrogen) atoms. The Morgan fingerprint density at radius 3 is 2.58 bits per heavy atom. The van der Waals surface area contributed by atoms with Crippen molar-refractivity contribution in [1.82, 2.24) is 0 Å². The Bertz CT molecular complexity index is 605. The Hall–Kier alpha value is -1.23. The maximum Gasteiger partial charge on any atom is 0.262 e. The molecule has 0 bridgehead atoms. The molecule has 2 aromatic rings. The van der Waals surface area contributed by atoms with E-state index in [1.54, 1.807) is 24.3 Å². The number of ether oxygens (including phenoxy) is 1. The van der Waals surface area contributed by atoms with E-state index >= 15 is 0 Å². The summed E-state index contributed by atoms with van der Waals surface area (Å²) in [4.78, 5) is 12.6. The fourth-order valence-corrected chi connectivity index (χ4v) is 2.90. The predicted octanol–water partition coefficient (Wildman–Crippen LogP) is 4.04. The van der Waals surface area contributed by atoms with Crippen molar-refractivity contribution in [3.8, 4) is 5.75 Å². The molecule has 6 heteroatoms. The van der Waals surface area contributed by atoms with Gasteiger partial charge in [0.05, 0.1) is 0 Å². The summed E-state index contributed by atoms with van der Waals surface area (Å²) in [5.41, 5.74) is 5.98. The summed E-state index contributed by atoms with van der Waals surface area (Å²) < 4.78 is 5.61. The van der Waals surface area contributed by atoms with E-state index in [1.807, 2.05) is 6.92 Å². The van der Waals surface area contributed by atoms with Gasteiger partial charge < -0.3 is 10.5 Å². The van der Waals surface area contributed by atoms with Crippen molar-refractivity contribution in [1.29, 1.82) is 0 Å². The van der Waals surface area contributed by atoms with Gasteiger partial charge in [-0.15, -0.1) is 11.3 Å². The minimum absolute atomic E-state index is 0.189. The molecule has 0 spiro atoms. The molecule has 1 aromatic carbocycles. The highest BCUT2D eigenvalue weighted by molar-refractivity contribution is 7.14. The molecule has 2 N–H and O–H groups in total. The third-order valence-electron chi connectivity index (χ3n) is 2.48. The Balaban J connectivity index is 2.21. The molecule has 0 saturated carbocycles. The minimum Gasteiger partial charge on any atom is -0.487 e. The van der Waals surface area contributed by atoms with Crippen molar-refractivity contribution in [3.63, 3.8) is 0 Å². The first kappa shape index (κ1) is 14.2. The van der Waals surface area contributed by atoms with Gasteiger partial charge in [0, 0.05) is 20.5 Å². The van der Waals surface area contributed by atoms with Crippen LogP contribution >= 0.6 is 34.5 Å². The van der Waals surface area contributed by atoms with Gasteiger partial charge in [-0.25, -0.2) is 0 Å². The van der Waals surface area contributed by atoms with E-state index < -0.39 is 5.91 Å². The second-order valence-corrected chi connectivity index (χ2v) is 5.97. The zero-order chi connectivity index (χ0) is 14.0. The average Bonchev–Trinajstić information content (AvgIpc) is 2.70. The number of carbonyl (C=O) groups excluding carboxylic acids is 1. The largest absolute Gasteiger partial charge is 0.487 e. The van der Waals surface area contributed by atoms with Gasteiger partial charge >= 0.3 is 0 Å². The number of hydrogen-bond acceptors (Lipinski definition) is 3. The number of thiophene rings is 1. The van der Waals surface area contributed by atoms with Crippen LogP contribution in [0.4, 0.5) is 0 Å². The number of benzene rings is 1. The molecule has 0 aliphatic carbocycles. The van der Waals surface area contributed by atoms with Crippen LogP contribution in [0.1, 0.15) is 20.1 Å². The van der Waals surface area contributed by atoms with Gasteiger partial charge in [-0.05, 0) is 25.1 Å². The van der Waals surface area contributed by atoms with Crippen molar-refractivity contribution < 1.29 is 9.53 Å². The van der Waals surface area contributed by atoms with Crippen molar-refractivity contribution >= 4 is 40.4 Å². The lowest BCUT2D eigenvalue weighted by atomic mass is 10.2. The van der Waals surface area contributed by atoms with Crippen molar-refractivity contribution in [2.75, 3.05) is 0 Å². The number of halogens is 2. The van der Waals surface area contributed by atoms with Gasteiger partial charge in [-0.3, -0.25) is 4.79 Å². The number of primary amides is 1. The van der Waals surface area contributed by atoms with Crippen LogP contribution in [0.2, 0.25) is 10.0 Å².